The number of aryl methyl sites for hydroxylation is 1. The van der Waals surface area contributed by atoms with Gasteiger partial charge in [0.25, 0.3) is 17.7 Å². The first-order valence-corrected chi connectivity index (χ1v) is 12.3. The first kappa shape index (κ1) is 26.2. The van der Waals surface area contributed by atoms with Crippen molar-refractivity contribution in [1.82, 2.24) is 10.9 Å². The number of rotatable bonds is 8. The molecule has 0 aliphatic rings. The maximum atomic E-state index is 12.6. The summed E-state index contributed by atoms with van der Waals surface area (Å²) in [6.07, 6.45) is -0.367. The highest BCUT2D eigenvalue weighted by atomic mass is 16.5. The van der Waals surface area contributed by atoms with Crippen LogP contribution in [0.15, 0.2) is 103 Å². The molecule has 0 saturated heterocycles. The molecule has 4 aromatic rings. The SMILES string of the molecule is CCC(Oc1ccc(-c2ccccc2)cc1)C(=O)NNC(=O)c1ccc(NC(=O)c2ccccc2C)cc1. The quantitative estimate of drug-likeness (QED) is 0.273. The van der Waals surface area contributed by atoms with E-state index in [9.17, 15) is 14.4 Å². The van der Waals surface area contributed by atoms with Gasteiger partial charge in [0.2, 0.25) is 0 Å². The lowest BCUT2D eigenvalue weighted by atomic mass is 10.1. The standard InChI is InChI=1S/C31H29N3O4/c1-3-28(38-26-19-15-23(16-20-26)22-10-5-4-6-11-22)31(37)34-33-29(35)24-13-17-25(18-14-24)32-30(36)27-12-8-7-9-21(27)2/h4-20,28H,3H2,1-2H3,(H,32,36)(H,33,35)(H,34,37). The number of benzene rings is 4. The van der Waals surface area contributed by atoms with E-state index in [4.69, 9.17) is 4.74 Å². The Hall–Kier alpha value is -4.91. The van der Waals surface area contributed by atoms with E-state index < -0.39 is 17.9 Å². The highest BCUT2D eigenvalue weighted by Crippen LogP contribution is 2.23. The second-order valence-electron chi connectivity index (χ2n) is 8.69. The van der Waals surface area contributed by atoms with E-state index in [0.717, 1.165) is 16.7 Å². The van der Waals surface area contributed by atoms with Crippen LogP contribution < -0.4 is 20.9 Å². The fraction of sp³-hybridized carbons (Fsp3) is 0.129. The van der Waals surface area contributed by atoms with E-state index in [-0.39, 0.29) is 5.91 Å². The molecule has 38 heavy (non-hydrogen) atoms. The van der Waals surface area contributed by atoms with Crippen LogP contribution in [0.4, 0.5) is 5.69 Å². The maximum Gasteiger partial charge on any atom is 0.279 e. The Labute approximate surface area is 221 Å². The van der Waals surface area contributed by atoms with Crippen LogP contribution in [0, 0.1) is 6.92 Å². The van der Waals surface area contributed by atoms with E-state index >= 15 is 0 Å². The molecule has 3 amide bonds. The zero-order chi connectivity index (χ0) is 26.9. The molecular formula is C31H29N3O4. The molecule has 0 heterocycles. The Balaban J connectivity index is 1.29. The van der Waals surface area contributed by atoms with Gasteiger partial charge in [0.05, 0.1) is 0 Å². The van der Waals surface area contributed by atoms with E-state index in [2.05, 4.69) is 16.2 Å². The largest absolute Gasteiger partial charge is 0.481 e. The molecule has 4 aromatic carbocycles. The zero-order valence-electron chi connectivity index (χ0n) is 21.2. The average Bonchev–Trinajstić information content (AvgIpc) is 2.95. The summed E-state index contributed by atoms with van der Waals surface area (Å²) in [5, 5.41) is 2.82. The second kappa shape index (κ2) is 12.4. The van der Waals surface area contributed by atoms with Gasteiger partial charge in [-0.2, -0.15) is 0 Å². The number of nitrogens with one attached hydrogen (secondary N) is 3. The number of hydrogen-bond donors (Lipinski definition) is 3. The van der Waals surface area contributed by atoms with Gasteiger partial charge in [-0.25, -0.2) is 0 Å². The van der Waals surface area contributed by atoms with Crippen molar-refractivity contribution < 1.29 is 19.1 Å². The van der Waals surface area contributed by atoms with Crippen molar-refractivity contribution in [3.05, 3.63) is 120 Å². The Morgan fingerprint density at radius 1 is 0.711 bits per heavy atom. The molecule has 0 fully saturated rings. The van der Waals surface area contributed by atoms with E-state index in [1.165, 1.54) is 0 Å². The van der Waals surface area contributed by atoms with E-state index in [1.807, 2.05) is 80.6 Å². The highest BCUT2D eigenvalue weighted by Gasteiger charge is 2.19. The van der Waals surface area contributed by atoms with Crippen molar-refractivity contribution in [2.24, 2.45) is 0 Å². The lowest BCUT2D eigenvalue weighted by molar-refractivity contribution is -0.128. The molecular weight excluding hydrogens is 478 g/mol. The lowest BCUT2D eigenvalue weighted by Crippen LogP contribution is -2.47. The Bertz CT molecular complexity index is 1400. The summed E-state index contributed by atoms with van der Waals surface area (Å²) in [6.45, 7) is 3.70. The van der Waals surface area contributed by atoms with Crippen molar-refractivity contribution in [3.63, 3.8) is 0 Å². The molecule has 0 spiro atoms. The minimum Gasteiger partial charge on any atom is -0.481 e. The summed E-state index contributed by atoms with van der Waals surface area (Å²) < 4.78 is 5.85. The van der Waals surface area contributed by atoms with Gasteiger partial charge >= 0.3 is 0 Å². The minimum absolute atomic E-state index is 0.229. The average molecular weight is 508 g/mol. The molecule has 0 aliphatic carbocycles. The molecule has 0 saturated carbocycles. The molecule has 4 rings (SSSR count). The number of carbonyl (C=O) groups excluding carboxylic acids is 3. The second-order valence-corrected chi connectivity index (χ2v) is 8.69. The molecule has 7 heteroatoms. The van der Waals surface area contributed by atoms with E-state index in [1.54, 1.807) is 36.4 Å². The summed E-state index contributed by atoms with van der Waals surface area (Å²) in [5.74, 6) is -0.624. The van der Waals surface area contributed by atoms with E-state index in [0.29, 0.717) is 29.0 Å². The van der Waals surface area contributed by atoms with Crippen molar-refractivity contribution >= 4 is 23.4 Å². The number of hydrazine groups is 1. The third-order valence-corrected chi connectivity index (χ3v) is 6.00. The Morgan fingerprint density at radius 3 is 2.00 bits per heavy atom. The van der Waals surface area contributed by atoms with Gasteiger partial charge in [-0.3, -0.25) is 25.2 Å². The summed E-state index contributed by atoms with van der Waals surface area (Å²) in [4.78, 5) is 37.7. The Morgan fingerprint density at radius 2 is 1.34 bits per heavy atom. The van der Waals surface area contributed by atoms with Crippen LogP contribution in [0.1, 0.15) is 39.6 Å². The summed E-state index contributed by atoms with van der Waals surface area (Å²) >= 11 is 0. The van der Waals surface area contributed by atoms with Crippen LogP contribution in [0.2, 0.25) is 0 Å². The first-order chi connectivity index (χ1) is 18.4. The number of anilines is 1. The van der Waals surface area contributed by atoms with Crippen LogP contribution in [0.3, 0.4) is 0 Å². The number of amides is 3. The molecule has 0 bridgehead atoms. The van der Waals surface area contributed by atoms with Crippen molar-refractivity contribution in [2.75, 3.05) is 5.32 Å². The van der Waals surface area contributed by atoms with Crippen molar-refractivity contribution in [3.8, 4) is 16.9 Å². The van der Waals surface area contributed by atoms with Gasteiger partial charge in [-0.1, -0.05) is 67.6 Å². The fourth-order valence-electron chi connectivity index (χ4n) is 3.85. The van der Waals surface area contributed by atoms with Crippen molar-refractivity contribution in [2.45, 2.75) is 26.4 Å². The third-order valence-electron chi connectivity index (χ3n) is 6.00. The van der Waals surface area contributed by atoms with Gasteiger partial charge in [-0.05, 0) is 72.5 Å². The maximum absolute atomic E-state index is 12.6. The molecule has 192 valence electrons. The molecule has 0 aromatic heterocycles. The van der Waals surface area contributed by atoms with Crippen LogP contribution in [-0.4, -0.2) is 23.8 Å². The normalized spacial score (nSPS) is 11.2. The number of carbonyl (C=O) groups is 3. The lowest BCUT2D eigenvalue weighted by Gasteiger charge is -2.18. The van der Waals surface area contributed by atoms with Gasteiger partial charge in [0, 0.05) is 16.8 Å². The Kier molecular flexibility index (Phi) is 8.51. The van der Waals surface area contributed by atoms with Crippen LogP contribution in [-0.2, 0) is 4.79 Å². The van der Waals surface area contributed by atoms with Crippen LogP contribution >= 0.6 is 0 Å². The monoisotopic (exact) mass is 507 g/mol. The third kappa shape index (κ3) is 6.64. The fourth-order valence-corrected chi connectivity index (χ4v) is 3.85. The molecule has 7 nitrogen and oxygen atoms in total. The van der Waals surface area contributed by atoms with Crippen LogP contribution in [0.5, 0.6) is 5.75 Å². The summed E-state index contributed by atoms with van der Waals surface area (Å²) in [6, 6.07) is 31.2. The number of hydrogen-bond acceptors (Lipinski definition) is 4. The smallest absolute Gasteiger partial charge is 0.279 e. The predicted octanol–water partition coefficient (Wildman–Crippen LogP) is 5.53. The first-order valence-electron chi connectivity index (χ1n) is 12.3. The zero-order valence-corrected chi connectivity index (χ0v) is 21.2. The topological polar surface area (TPSA) is 96.5 Å². The molecule has 0 aliphatic heterocycles. The number of ether oxygens (including phenoxy) is 1. The van der Waals surface area contributed by atoms with Gasteiger partial charge < -0.3 is 10.1 Å². The highest BCUT2D eigenvalue weighted by molar-refractivity contribution is 6.05. The molecule has 3 N–H and O–H groups in total. The minimum atomic E-state index is -0.781. The van der Waals surface area contributed by atoms with Gasteiger partial charge in [-0.15, -0.1) is 0 Å². The summed E-state index contributed by atoms with van der Waals surface area (Å²) in [5.41, 5.74) is 9.31. The molecule has 0 radical (unpaired) electrons. The van der Waals surface area contributed by atoms with Crippen LogP contribution in [0.25, 0.3) is 11.1 Å². The summed E-state index contributed by atoms with van der Waals surface area (Å²) in [7, 11) is 0. The van der Waals surface area contributed by atoms with Crippen molar-refractivity contribution in [1.29, 1.82) is 0 Å². The van der Waals surface area contributed by atoms with Gasteiger partial charge in [0.15, 0.2) is 6.10 Å². The predicted molar refractivity (Wildman–Crippen MR) is 148 cm³/mol. The molecule has 1 atom stereocenters. The molecule has 1 unspecified atom stereocenters. The van der Waals surface area contributed by atoms with Gasteiger partial charge in [0.1, 0.15) is 5.75 Å².